The lowest BCUT2D eigenvalue weighted by Gasteiger charge is -2.43. The van der Waals surface area contributed by atoms with Gasteiger partial charge in [-0.15, -0.1) is 0 Å². The Morgan fingerprint density at radius 3 is 2.59 bits per heavy atom. The van der Waals surface area contributed by atoms with Crippen LogP contribution < -0.4 is 4.90 Å². The van der Waals surface area contributed by atoms with Gasteiger partial charge in [-0.2, -0.15) is 0 Å². The molecular weight excluding hydrogens is 367 g/mol. The smallest absolute Gasteiger partial charge is 0.335 e. The number of nitrogens with zero attached hydrogens (tertiary/aromatic N) is 2. The lowest BCUT2D eigenvalue weighted by molar-refractivity contribution is 0.0697. The van der Waals surface area contributed by atoms with E-state index >= 15 is 0 Å². The summed E-state index contributed by atoms with van der Waals surface area (Å²) < 4.78 is 14.9. The Kier molecular flexibility index (Phi) is 5.60. The van der Waals surface area contributed by atoms with Crippen LogP contribution in [0.4, 0.5) is 15.8 Å². The number of hydrogen-bond donors (Lipinski definition) is 1. The van der Waals surface area contributed by atoms with E-state index < -0.39 is 5.97 Å². The zero-order chi connectivity index (χ0) is 21.3. The van der Waals surface area contributed by atoms with Gasteiger partial charge in [0.15, 0.2) is 0 Å². The van der Waals surface area contributed by atoms with Crippen molar-refractivity contribution in [3.8, 4) is 0 Å². The molecule has 0 unspecified atom stereocenters. The summed E-state index contributed by atoms with van der Waals surface area (Å²) in [5.74, 6) is -1.30. The second-order valence-electron chi connectivity index (χ2n) is 8.09. The number of carboxylic acid groups (broad SMARTS) is 1. The fourth-order valence-electron chi connectivity index (χ4n) is 3.92. The second kappa shape index (κ2) is 7.82. The molecule has 0 radical (unpaired) electrons. The Balaban J connectivity index is 2.00. The average Bonchev–Trinajstić information content (AvgIpc) is 2.64. The molecule has 1 aliphatic rings. The quantitative estimate of drug-likeness (QED) is 0.633. The molecule has 0 aromatic heterocycles. The molecule has 152 valence electrons. The Morgan fingerprint density at radius 2 is 1.97 bits per heavy atom. The van der Waals surface area contributed by atoms with Crippen molar-refractivity contribution in [2.45, 2.75) is 46.6 Å². The topological polar surface area (TPSA) is 52.9 Å². The van der Waals surface area contributed by atoms with E-state index in [0.29, 0.717) is 11.3 Å². The normalized spacial score (nSPS) is 15.4. The van der Waals surface area contributed by atoms with Crippen molar-refractivity contribution in [2.75, 3.05) is 11.4 Å². The van der Waals surface area contributed by atoms with Crippen molar-refractivity contribution < 1.29 is 14.3 Å². The molecule has 4 nitrogen and oxygen atoms in total. The molecule has 1 aliphatic heterocycles. The van der Waals surface area contributed by atoms with Gasteiger partial charge in [0.2, 0.25) is 0 Å². The first-order chi connectivity index (χ1) is 13.6. The predicted molar refractivity (Wildman–Crippen MR) is 117 cm³/mol. The molecule has 29 heavy (non-hydrogen) atoms. The Hall–Kier alpha value is -2.95. The van der Waals surface area contributed by atoms with Crippen molar-refractivity contribution in [3.05, 3.63) is 64.5 Å². The van der Waals surface area contributed by atoms with E-state index in [0.717, 1.165) is 35.4 Å². The number of carboxylic acids is 1. The number of hydrogen-bond acceptors (Lipinski definition) is 3. The van der Waals surface area contributed by atoms with Gasteiger partial charge >= 0.3 is 5.97 Å². The third-order valence-electron chi connectivity index (χ3n) is 5.33. The molecule has 2 aromatic rings. The zero-order valence-corrected chi connectivity index (χ0v) is 17.6. The molecule has 0 aliphatic carbocycles. The number of aliphatic imine (C=N–C) groups is 1. The van der Waals surface area contributed by atoms with Crippen molar-refractivity contribution >= 4 is 29.1 Å². The van der Waals surface area contributed by atoms with Gasteiger partial charge in [-0.3, -0.25) is 4.99 Å². The molecule has 0 saturated heterocycles. The lowest BCUT2D eigenvalue weighted by atomic mass is 9.87. The highest BCUT2D eigenvalue weighted by molar-refractivity contribution is 5.90. The van der Waals surface area contributed by atoms with Crippen LogP contribution in [0.3, 0.4) is 0 Å². The molecule has 3 rings (SSSR count). The van der Waals surface area contributed by atoms with Crippen LogP contribution in [0.2, 0.25) is 0 Å². The van der Waals surface area contributed by atoms with E-state index in [1.165, 1.54) is 12.3 Å². The van der Waals surface area contributed by atoms with E-state index in [2.05, 4.69) is 43.7 Å². The maximum atomic E-state index is 14.9. The van der Waals surface area contributed by atoms with Crippen LogP contribution in [0.1, 0.15) is 61.2 Å². The maximum Gasteiger partial charge on any atom is 0.335 e. The van der Waals surface area contributed by atoms with E-state index in [-0.39, 0.29) is 16.9 Å². The van der Waals surface area contributed by atoms with Crippen LogP contribution >= 0.6 is 0 Å². The van der Waals surface area contributed by atoms with E-state index in [9.17, 15) is 9.18 Å². The van der Waals surface area contributed by atoms with Gasteiger partial charge in [0.25, 0.3) is 0 Å². The van der Waals surface area contributed by atoms with E-state index in [1.54, 1.807) is 25.1 Å². The average molecular weight is 394 g/mol. The van der Waals surface area contributed by atoms with Gasteiger partial charge in [-0.05, 0) is 75.6 Å². The number of carbonyl (C=O) groups is 1. The van der Waals surface area contributed by atoms with E-state index in [4.69, 9.17) is 5.11 Å². The lowest BCUT2D eigenvalue weighted by Crippen LogP contribution is -2.45. The monoisotopic (exact) mass is 394 g/mol. The SMILES string of the molecule is CCCN1c2cc(F)c(C=Nc3ccc(C(=O)O)cc3C)cc2C(C)=CC1(C)C. The number of allylic oxidation sites excluding steroid dienone is 1. The van der Waals surface area contributed by atoms with Crippen LogP contribution in [-0.4, -0.2) is 29.4 Å². The van der Waals surface area contributed by atoms with Crippen LogP contribution in [0.15, 0.2) is 41.4 Å². The number of aromatic carboxylic acids is 1. The molecule has 0 saturated carbocycles. The van der Waals surface area contributed by atoms with Crippen LogP contribution in [0.25, 0.3) is 5.57 Å². The highest BCUT2D eigenvalue weighted by Crippen LogP contribution is 2.40. The number of aryl methyl sites for hydroxylation is 1. The molecule has 0 atom stereocenters. The van der Waals surface area contributed by atoms with Gasteiger partial charge in [-0.1, -0.05) is 13.0 Å². The zero-order valence-electron chi connectivity index (χ0n) is 17.6. The number of fused-ring (bicyclic) bond motifs is 1. The molecule has 0 fully saturated rings. The van der Waals surface area contributed by atoms with Crippen LogP contribution in [0.5, 0.6) is 0 Å². The first-order valence-corrected chi connectivity index (χ1v) is 9.83. The summed E-state index contributed by atoms with van der Waals surface area (Å²) in [5, 5.41) is 9.08. The second-order valence-corrected chi connectivity index (χ2v) is 8.09. The molecule has 1 heterocycles. The largest absolute Gasteiger partial charge is 0.478 e. The Bertz CT molecular complexity index is 1020. The third-order valence-corrected chi connectivity index (χ3v) is 5.33. The first-order valence-electron chi connectivity index (χ1n) is 9.83. The highest BCUT2D eigenvalue weighted by Gasteiger charge is 2.31. The van der Waals surface area contributed by atoms with Gasteiger partial charge in [0.05, 0.1) is 16.8 Å². The fraction of sp³-hybridized carbons (Fsp3) is 0.333. The minimum Gasteiger partial charge on any atom is -0.478 e. The molecule has 0 spiro atoms. The molecular formula is C24H27FN2O2. The maximum absolute atomic E-state index is 14.9. The summed E-state index contributed by atoms with van der Waals surface area (Å²) >= 11 is 0. The van der Waals surface area contributed by atoms with Crippen molar-refractivity contribution in [2.24, 2.45) is 4.99 Å². The van der Waals surface area contributed by atoms with Gasteiger partial charge in [0, 0.05) is 29.6 Å². The summed E-state index contributed by atoms with van der Waals surface area (Å²) in [4.78, 5) is 17.7. The minimum absolute atomic E-state index is 0.169. The van der Waals surface area contributed by atoms with Crippen molar-refractivity contribution in [1.82, 2.24) is 0 Å². The molecule has 5 heteroatoms. The molecule has 2 aromatic carbocycles. The summed E-state index contributed by atoms with van der Waals surface area (Å²) in [6, 6.07) is 8.16. The van der Waals surface area contributed by atoms with Crippen LogP contribution in [-0.2, 0) is 0 Å². The first kappa shape index (κ1) is 20.8. The summed E-state index contributed by atoms with van der Waals surface area (Å²) in [5.41, 5.74) is 4.84. The molecule has 0 bridgehead atoms. The number of halogens is 1. The molecule has 1 N–H and O–H groups in total. The Morgan fingerprint density at radius 1 is 1.24 bits per heavy atom. The van der Waals surface area contributed by atoms with Gasteiger partial charge < -0.3 is 10.0 Å². The number of benzene rings is 2. The highest BCUT2D eigenvalue weighted by atomic mass is 19.1. The summed E-state index contributed by atoms with van der Waals surface area (Å²) in [6.45, 7) is 11.1. The summed E-state index contributed by atoms with van der Waals surface area (Å²) in [6.07, 6.45) is 4.71. The van der Waals surface area contributed by atoms with E-state index in [1.807, 2.05) is 6.07 Å². The summed E-state index contributed by atoms with van der Waals surface area (Å²) in [7, 11) is 0. The van der Waals surface area contributed by atoms with Crippen LogP contribution in [0, 0.1) is 12.7 Å². The third kappa shape index (κ3) is 4.09. The van der Waals surface area contributed by atoms with Gasteiger partial charge in [-0.25, -0.2) is 9.18 Å². The van der Waals surface area contributed by atoms with Gasteiger partial charge in [0.1, 0.15) is 5.82 Å². The minimum atomic E-state index is -0.980. The number of anilines is 1. The standard InChI is InChI=1S/C24H27FN2O2/c1-6-9-27-22-12-20(25)18(11-19(22)16(3)13-24(27,4)5)14-26-21-8-7-17(23(28)29)10-15(21)2/h7-8,10-14H,6,9H2,1-5H3,(H,28,29). The fourth-order valence-corrected chi connectivity index (χ4v) is 3.92. The molecule has 0 amide bonds. The van der Waals surface area contributed by atoms with Crippen molar-refractivity contribution in [3.63, 3.8) is 0 Å². The number of rotatable bonds is 5. The van der Waals surface area contributed by atoms with Crippen molar-refractivity contribution in [1.29, 1.82) is 0 Å². The Labute approximate surface area is 171 Å². The predicted octanol–water partition coefficient (Wildman–Crippen LogP) is 5.99.